The summed E-state index contributed by atoms with van der Waals surface area (Å²) in [6, 6.07) is 6.93. The van der Waals surface area contributed by atoms with Gasteiger partial charge in [-0.05, 0) is 31.4 Å². The highest BCUT2D eigenvalue weighted by Crippen LogP contribution is 2.16. The van der Waals surface area contributed by atoms with Gasteiger partial charge in [0.1, 0.15) is 5.54 Å². The van der Waals surface area contributed by atoms with E-state index in [4.69, 9.17) is 5.11 Å². The van der Waals surface area contributed by atoms with Gasteiger partial charge in [-0.1, -0.05) is 32.0 Å². The average Bonchev–Trinajstić information content (AvgIpc) is 2.38. The lowest BCUT2D eigenvalue weighted by molar-refractivity contribution is -0.143. The number of carboxylic acid groups (broad SMARTS) is 1. The third-order valence-corrected chi connectivity index (χ3v) is 3.22. The van der Waals surface area contributed by atoms with Crippen LogP contribution in [-0.4, -0.2) is 22.6 Å². The van der Waals surface area contributed by atoms with Crippen LogP contribution in [0.15, 0.2) is 24.3 Å². The zero-order valence-corrected chi connectivity index (χ0v) is 11.5. The molecule has 5 heteroatoms. The lowest BCUT2D eigenvalue weighted by Gasteiger charge is -2.25. The van der Waals surface area contributed by atoms with E-state index >= 15 is 0 Å². The molecule has 1 aromatic rings. The molecule has 0 radical (unpaired) electrons. The molecule has 0 bridgehead atoms. The largest absolute Gasteiger partial charge is 0.480 e. The fourth-order valence-electron chi connectivity index (χ4n) is 1.65. The van der Waals surface area contributed by atoms with Crippen LogP contribution in [0.5, 0.6) is 0 Å². The molecule has 5 nitrogen and oxygen atoms in total. The molecule has 2 amide bonds. The topological polar surface area (TPSA) is 78.4 Å². The van der Waals surface area contributed by atoms with E-state index in [0.717, 1.165) is 12.0 Å². The zero-order chi connectivity index (χ0) is 14.5. The van der Waals surface area contributed by atoms with Crippen molar-refractivity contribution >= 4 is 17.7 Å². The second-order valence-electron chi connectivity index (χ2n) is 4.58. The number of benzene rings is 1. The van der Waals surface area contributed by atoms with E-state index in [1.54, 1.807) is 13.0 Å². The number of nitrogens with one attached hydrogen (secondary N) is 2. The van der Waals surface area contributed by atoms with Crippen LogP contribution in [0.4, 0.5) is 10.5 Å². The van der Waals surface area contributed by atoms with E-state index in [1.165, 1.54) is 6.92 Å². The molecule has 0 heterocycles. The van der Waals surface area contributed by atoms with E-state index in [2.05, 4.69) is 10.6 Å². The van der Waals surface area contributed by atoms with Gasteiger partial charge in [0.25, 0.3) is 0 Å². The number of carbonyl (C=O) groups excluding carboxylic acids is 1. The summed E-state index contributed by atoms with van der Waals surface area (Å²) < 4.78 is 0. The Labute approximate surface area is 113 Å². The van der Waals surface area contributed by atoms with Gasteiger partial charge >= 0.3 is 12.0 Å². The molecular weight excluding hydrogens is 244 g/mol. The minimum atomic E-state index is -1.26. The normalized spacial score (nSPS) is 13.4. The lowest BCUT2D eigenvalue weighted by atomic mass is 10.00. The quantitative estimate of drug-likeness (QED) is 0.765. The van der Waals surface area contributed by atoms with Gasteiger partial charge in [-0.25, -0.2) is 9.59 Å². The van der Waals surface area contributed by atoms with Gasteiger partial charge in [-0.2, -0.15) is 0 Å². The molecule has 104 valence electrons. The van der Waals surface area contributed by atoms with Crippen molar-refractivity contribution < 1.29 is 14.7 Å². The molecule has 0 saturated carbocycles. The number of para-hydroxylation sites is 1. The van der Waals surface area contributed by atoms with Crippen LogP contribution >= 0.6 is 0 Å². The first-order chi connectivity index (χ1) is 8.92. The average molecular weight is 264 g/mol. The molecule has 0 aromatic heterocycles. The predicted octanol–water partition coefficient (Wildman–Crippen LogP) is 2.62. The number of urea groups is 1. The fraction of sp³-hybridized carbons (Fsp3) is 0.429. The number of aryl methyl sites for hydroxylation is 1. The number of hydrogen-bond donors (Lipinski definition) is 3. The van der Waals surface area contributed by atoms with E-state index in [-0.39, 0.29) is 0 Å². The van der Waals surface area contributed by atoms with Crippen molar-refractivity contribution in [1.29, 1.82) is 0 Å². The molecule has 1 aromatic carbocycles. The molecule has 0 aliphatic rings. The van der Waals surface area contributed by atoms with Crippen molar-refractivity contribution in [2.45, 2.75) is 39.2 Å². The second kappa shape index (κ2) is 6.22. The number of carboxylic acids is 1. The van der Waals surface area contributed by atoms with Crippen molar-refractivity contribution in [3.05, 3.63) is 29.8 Å². The SMILES string of the molecule is CCc1ccccc1NC(=O)NC(C)(CC)C(=O)O. The Morgan fingerprint density at radius 1 is 1.26 bits per heavy atom. The second-order valence-corrected chi connectivity index (χ2v) is 4.58. The van der Waals surface area contributed by atoms with Gasteiger partial charge in [0.05, 0.1) is 0 Å². The Bertz CT molecular complexity index is 474. The van der Waals surface area contributed by atoms with Crippen LogP contribution < -0.4 is 10.6 Å². The van der Waals surface area contributed by atoms with Crippen molar-refractivity contribution in [2.24, 2.45) is 0 Å². The van der Waals surface area contributed by atoms with Gasteiger partial charge in [-0.15, -0.1) is 0 Å². The first kappa shape index (κ1) is 15.0. The smallest absolute Gasteiger partial charge is 0.329 e. The van der Waals surface area contributed by atoms with Crippen molar-refractivity contribution in [2.75, 3.05) is 5.32 Å². The maximum atomic E-state index is 11.9. The number of carbonyl (C=O) groups is 2. The van der Waals surface area contributed by atoms with Gasteiger partial charge in [0.15, 0.2) is 0 Å². The highest BCUT2D eigenvalue weighted by atomic mass is 16.4. The van der Waals surface area contributed by atoms with Crippen molar-refractivity contribution in [3.63, 3.8) is 0 Å². The summed E-state index contributed by atoms with van der Waals surface area (Å²) in [7, 11) is 0. The van der Waals surface area contributed by atoms with Crippen LogP contribution in [0.2, 0.25) is 0 Å². The number of rotatable bonds is 5. The third-order valence-electron chi connectivity index (χ3n) is 3.22. The molecule has 19 heavy (non-hydrogen) atoms. The van der Waals surface area contributed by atoms with Crippen LogP contribution in [0, 0.1) is 0 Å². The summed E-state index contributed by atoms with van der Waals surface area (Å²) >= 11 is 0. The van der Waals surface area contributed by atoms with E-state index < -0.39 is 17.5 Å². The summed E-state index contributed by atoms with van der Waals surface area (Å²) in [5.41, 5.74) is 0.447. The number of aliphatic carboxylic acids is 1. The van der Waals surface area contributed by atoms with Gasteiger partial charge < -0.3 is 15.7 Å². The summed E-state index contributed by atoms with van der Waals surface area (Å²) in [4.78, 5) is 23.0. The Morgan fingerprint density at radius 3 is 2.42 bits per heavy atom. The van der Waals surface area contributed by atoms with Crippen LogP contribution in [-0.2, 0) is 11.2 Å². The summed E-state index contributed by atoms with van der Waals surface area (Å²) in [5, 5.41) is 14.3. The summed E-state index contributed by atoms with van der Waals surface area (Å²) in [6.07, 6.45) is 1.10. The van der Waals surface area contributed by atoms with Gasteiger partial charge in [0.2, 0.25) is 0 Å². The molecule has 1 atom stereocenters. The highest BCUT2D eigenvalue weighted by molar-refractivity contribution is 5.94. The minimum Gasteiger partial charge on any atom is -0.480 e. The maximum absolute atomic E-state index is 11.9. The molecular formula is C14H20N2O3. The number of anilines is 1. The van der Waals surface area contributed by atoms with Crippen LogP contribution in [0.25, 0.3) is 0 Å². The molecule has 0 aliphatic carbocycles. The van der Waals surface area contributed by atoms with E-state index in [9.17, 15) is 9.59 Å². The molecule has 0 fully saturated rings. The summed E-state index contributed by atoms with van der Waals surface area (Å²) in [6.45, 7) is 5.20. The maximum Gasteiger partial charge on any atom is 0.329 e. The molecule has 0 saturated heterocycles. The first-order valence-electron chi connectivity index (χ1n) is 6.33. The minimum absolute atomic E-state index is 0.311. The lowest BCUT2D eigenvalue weighted by Crippen LogP contribution is -2.53. The van der Waals surface area contributed by atoms with Crippen LogP contribution in [0.1, 0.15) is 32.8 Å². The predicted molar refractivity (Wildman–Crippen MR) is 74.3 cm³/mol. The van der Waals surface area contributed by atoms with Gasteiger partial charge in [0, 0.05) is 5.69 Å². The first-order valence-corrected chi connectivity index (χ1v) is 6.33. The molecule has 0 spiro atoms. The standard InChI is InChI=1S/C14H20N2O3/c1-4-10-8-6-7-9-11(10)15-13(19)16-14(3,5-2)12(17)18/h6-9H,4-5H2,1-3H3,(H,17,18)(H2,15,16,19). The Hall–Kier alpha value is -2.04. The highest BCUT2D eigenvalue weighted by Gasteiger charge is 2.32. The monoisotopic (exact) mass is 264 g/mol. The number of hydrogen-bond acceptors (Lipinski definition) is 2. The number of amides is 2. The zero-order valence-electron chi connectivity index (χ0n) is 11.5. The Balaban J connectivity index is 2.78. The Morgan fingerprint density at radius 2 is 1.89 bits per heavy atom. The van der Waals surface area contributed by atoms with E-state index in [1.807, 2.05) is 25.1 Å². The van der Waals surface area contributed by atoms with Gasteiger partial charge in [-0.3, -0.25) is 0 Å². The fourth-order valence-corrected chi connectivity index (χ4v) is 1.65. The molecule has 3 N–H and O–H groups in total. The Kier molecular flexibility index (Phi) is 4.92. The third kappa shape index (κ3) is 3.71. The van der Waals surface area contributed by atoms with Crippen molar-refractivity contribution in [3.8, 4) is 0 Å². The van der Waals surface area contributed by atoms with Crippen LogP contribution in [0.3, 0.4) is 0 Å². The van der Waals surface area contributed by atoms with E-state index in [0.29, 0.717) is 12.1 Å². The summed E-state index contributed by atoms with van der Waals surface area (Å²) in [5.74, 6) is -1.05. The van der Waals surface area contributed by atoms with Crippen molar-refractivity contribution in [1.82, 2.24) is 5.32 Å². The molecule has 0 aliphatic heterocycles. The molecule has 1 unspecified atom stereocenters. The molecule has 1 rings (SSSR count).